The Balaban J connectivity index is 2.00. The molecule has 112 valence electrons. The number of anilines is 3. The van der Waals surface area contributed by atoms with Crippen LogP contribution in [0.5, 0.6) is 0 Å². The van der Waals surface area contributed by atoms with Crippen LogP contribution in [0.1, 0.15) is 5.69 Å². The molecule has 0 spiro atoms. The van der Waals surface area contributed by atoms with Crippen LogP contribution in [0.15, 0.2) is 60.7 Å². The van der Waals surface area contributed by atoms with E-state index in [1.807, 2.05) is 0 Å². The van der Waals surface area contributed by atoms with E-state index in [0.717, 1.165) is 28.2 Å². The lowest BCUT2D eigenvalue weighted by atomic mass is 9.98. The minimum atomic E-state index is 0.958. The molecule has 0 radical (unpaired) electrons. The van der Waals surface area contributed by atoms with E-state index in [0.29, 0.717) is 0 Å². The van der Waals surface area contributed by atoms with Crippen molar-refractivity contribution in [3.05, 3.63) is 66.4 Å². The topological polar surface area (TPSA) is 29.0 Å². The first kappa shape index (κ1) is 12.3. The number of aromatic nitrogens is 2. The third-order valence-electron chi connectivity index (χ3n) is 5.05. The largest absolute Gasteiger partial charge is 0.277 e. The van der Waals surface area contributed by atoms with E-state index < -0.39 is 0 Å². The average Bonchev–Trinajstić information content (AvgIpc) is 2.61. The number of hydrogen-bond donors (Lipinski definition) is 0. The van der Waals surface area contributed by atoms with Crippen molar-refractivity contribution >= 4 is 49.8 Å². The van der Waals surface area contributed by atoms with Gasteiger partial charge in [0.25, 0.3) is 0 Å². The maximum Gasteiger partial charge on any atom is 0.147 e. The van der Waals surface area contributed by atoms with Crippen LogP contribution in [-0.4, -0.2) is 9.97 Å². The summed E-state index contributed by atoms with van der Waals surface area (Å²) in [6, 6.07) is 21.3. The molecular formula is C21H13N3. The van der Waals surface area contributed by atoms with Gasteiger partial charge in [-0.2, -0.15) is 0 Å². The van der Waals surface area contributed by atoms with E-state index in [9.17, 15) is 0 Å². The van der Waals surface area contributed by atoms with Crippen LogP contribution in [0.25, 0.3) is 32.4 Å². The van der Waals surface area contributed by atoms with E-state index in [4.69, 9.17) is 9.97 Å². The molecule has 0 atom stereocenters. The van der Waals surface area contributed by atoms with Crippen molar-refractivity contribution in [1.29, 1.82) is 0 Å². The van der Waals surface area contributed by atoms with Crippen LogP contribution in [0, 0.1) is 6.92 Å². The van der Waals surface area contributed by atoms with E-state index in [1.54, 1.807) is 0 Å². The average molecular weight is 307 g/mol. The number of aryl methyl sites for hydroxylation is 1. The van der Waals surface area contributed by atoms with Crippen molar-refractivity contribution in [3.8, 4) is 0 Å². The molecule has 3 nitrogen and oxygen atoms in total. The van der Waals surface area contributed by atoms with Crippen molar-refractivity contribution in [2.45, 2.75) is 6.92 Å². The summed E-state index contributed by atoms with van der Waals surface area (Å²) < 4.78 is 0. The van der Waals surface area contributed by atoms with Crippen molar-refractivity contribution in [2.75, 3.05) is 4.90 Å². The quantitative estimate of drug-likeness (QED) is 0.373. The smallest absolute Gasteiger partial charge is 0.147 e. The predicted octanol–water partition coefficient (Wildman–Crippen LogP) is 5.47. The van der Waals surface area contributed by atoms with Crippen LogP contribution in [0.2, 0.25) is 0 Å². The molecule has 0 bridgehead atoms. The van der Waals surface area contributed by atoms with E-state index >= 15 is 0 Å². The molecule has 6 rings (SSSR count). The Kier molecular flexibility index (Phi) is 2.04. The summed E-state index contributed by atoms with van der Waals surface area (Å²) in [5, 5.41) is 5.97. The first-order chi connectivity index (χ1) is 11.8. The van der Waals surface area contributed by atoms with Crippen LogP contribution in [0.3, 0.4) is 0 Å². The zero-order valence-corrected chi connectivity index (χ0v) is 13.1. The predicted molar refractivity (Wildman–Crippen MR) is 98.7 cm³/mol. The Hall–Kier alpha value is -3.20. The van der Waals surface area contributed by atoms with Gasteiger partial charge in [-0.05, 0) is 29.8 Å². The summed E-state index contributed by atoms with van der Waals surface area (Å²) in [5.74, 6) is 1.94. The number of nitrogens with zero attached hydrogens (tertiary/aromatic N) is 3. The fourth-order valence-electron chi connectivity index (χ4n) is 3.98. The monoisotopic (exact) mass is 307 g/mol. The molecule has 0 fully saturated rings. The van der Waals surface area contributed by atoms with Crippen LogP contribution in [-0.2, 0) is 0 Å². The van der Waals surface area contributed by atoms with Gasteiger partial charge in [0.1, 0.15) is 11.6 Å². The second-order valence-corrected chi connectivity index (χ2v) is 6.39. The molecule has 24 heavy (non-hydrogen) atoms. The molecular weight excluding hydrogens is 294 g/mol. The van der Waals surface area contributed by atoms with Gasteiger partial charge < -0.3 is 0 Å². The van der Waals surface area contributed by atoms with Gasteiger partial charge >= 0.3 is 0 Å². The van der Waals surface area contributed by atoms with Gasteiger partial charge in [-0.3, -0.25) is 4.90 Å². The molecule has 0 saturated carbocycles. The first-order valence-corrected chi connectivity index (χ1v) is 8.12. The van der Waals surface area contributed by atoms with Gasteiger partial charge in [0.05, 0.1) is 11.2 Å². The lowest BCUT2D eigenvalue weighted by molar-refractivity contribution is 1.10. The molecule has 3 aromatic carbocycles. The second kappa shape index (κ2) is 4.01. The number of hydrogen-bond acceptors (Lipinski definition) is 3. The number of benzene rings is 3. The fraction of sp³-hybridized carbons (Fsp3) is 0.0476. The van der Waals surface area contributed by atoms with Crippen LogP contribution < -0.4 is 4.90 Å². The van der Waals surface area contributed by atoms with Gasteiger partial charge in [0.15, 0.2) is 0 Å². The molecule has 0 amide bonds. The minimum Gasteiger partial charge on any atom is -0.277 e. The minimum absolute atomic E-state index is 0.958. The molecule has 0 aromatic heterocycles. The van der Waals surface area contributed by atoms with Gasteiger partial charge in [-0.25, -0.2) is 9.97 Å². The highest BCUT2D eigenvalue weighted by Gasteiger charge is 2.29. The zero-order chi connectivity index (χ0) is 15.8. The van der Waals surface area contributed by atoms with Crippen molar-refractivity contribution in [3.63, 3.8) is 0 Å². The SMILES string of the molecule is Cc1nc2cc3ccccc3c3nc4cccc5ccc1c(c54)N23. The summed E-state index contributed by atoms with van der Waals surface area (Å²) in [7, 11) is 0. The Morgan fingerprint density at radius 2 is 1.67 bits per heavy atom. The molecule has 3 aliphatic rings. The Labute approximate surface area is 138 Å². The van der Waals surface area contributed by atoms with Gasteiger partial charge in [0, 0.05) is 21.9 Å². The van der Waals surface area contributed by atoms with E-state index in [1.165, 1.54) is 27.2 Å². The molecule has 3 aliphatic heterocycles. The lowest BCUT2D eigenvalue weighted by Gasteiger charge is -2.33. The molecule has 0 aliphatic carbocycles. The number of rotatable bonds is 0. The maximum absolute atomic E-state index is 5.01. The highest BCUT2D eigenvalue weighted by Crippen LogP contribution is 2.49. The fourth-order valence-corrected chi connectivity index (χ4v) is 3.98. The molecule has 3 aromatic rings. The van der Waals surface area contributed by atoms with Crippen LogP contribution >= 0.6 is 0 Å². The van der Waals surface area contributed by atoms with E-state index in [-0.39, 0.29) is 0 Å². The summed E-state index contributed by atoms with van der Waals surface area (Å²) in [5.41, 5.74) is 3.33. The molecule has 3 heterocycles. The molecule has 3 heteroatoms. The van der Waals surface area contributed by atoms with Crippen molar-refractivity contribution in [1.82, 2.24) is 9.97 Å². The molecule has 0 saturated heterocycles. The Morgan fingerprint density at radius 1 is 0.792 bits per heavy atom. The second-order valence-electron chi connectivity index (χ2n) is 6.39. The maximum atomic E-state index is 5.01. The Bertz CT molecular complexity index is 1270. The van der Waals surface area contributed by atoms with E-state index in [2.05, 4.69) is 72.5 Å². The van der Waals surface area contributed by atoms with Gasteiger partial charge in [-0.1, -0.05) is 48.5 Å². The van der Waals surface area contributed by atoms with Crippen molar-refractivity contribution < 1.29 is 0 Å². The Morgan fingerprint density at radius 3 is 2.62 bits per heavy atom. The highest BCUT2D eigenvalue weighted by atomic mass is 15.3. The van der Waals surface area contributed by atoms with Gasteiger partial charge in [0.2, 0.25) is 0 Å². The number of fused-ring (bicyclic) bond motifs is 2. The van der Waals surface area contributed by atoms with Crippen molar-refractivity contribution in [2.24, 2.45) is 0 Å². The third kappa shape index (κ3) is 1.33. The summed E-state index contributed by atoms with van der Waals surface area (Å²) in [6.07, 6.45) is 0. The lowest BCUT2D eigenvalue weighted by Crippen LogP contribution is -2.20. The normalized spacial score (nSPS) is 13.1. The summed E-state index contributed by atoms with van der Waals surface area (Å²) in [4.78, 5) is 12.1. The summed E-state index contributed by atoms with van der Waals surface area (Å²) >= 11 is 0. The summed E-state index contributed by atoms with van der Waals surface area (Å²) in [6.45, 7) is 2.09. The third-order valence-corrected chi connectivity index (χ3v) is 5.05. The molecule has 0 unspecified atom stereocenters. The van der Waals surface area contributed by atoms with Gasteiger partial charge in [-0.15, -0.1) is 0 Å². The highest BCUT2D eigenvalue weighted by molar-refractivity contribution is 6.18. The first-order valence-electron chi connectivity index (χ1n) is 8.12. The zero-order valence-electron chi connectivity index (χ0n) is 13.1. The standard InChI is InChI=1S/C21H13N3/c1-12-15-10-9-13-6-4-8-17-19(13)20(15)24-18(22-12)11-14-5-2-3-7-16(14)21(24)23-17/h2-11H,1H3. The molecule has 0 N–H and O–H groups in total. The van der Waals surface area contributed by atoms with Crippen LogP contribution in [0.4, 0.5) is 17.3 Å².